The first-order chi connectivity index (χ1) is 13.7. The first kappa shape index (κ1) is 20.7. The number of anilines is 1. The summed E-state index contributed by atoms with van der Waals surface area (Å²) in [5.41, 5.74) is 1.34. The van der Waals surface area contributed by atoms with E-state index in [9.17, 15) is 19.3 Å². The number of amides is 1. The van der Waals surface area contributed by atoms with Crippen LogP contribution in [-0.2, 0) is 4.74 Å². The number of ether oxygens (including phenoxy) is 1. The zero-order chi connectivity index (χ0) is 21.1. The second-order valence-corrected chi connectivity index (χ2v) is 7.48. The van der Waals surface area contributed by atoms with Gasteiger partial charge in [-0.15, -0.1) is 0 Å². The van der Waals surface area contributed by atoms with E-state index in [4.69, 9.17) is 4.74 Å². The number of hydrogen-bond acceptors (Lipinski definition) is 5. The van der Waals surface area contributed by atoms with Gasteiger partial charge in [0.25, 0.3) is 11.6 Å². The lowest BCUT2D eigenvalue weighted by Gasteiger charge is -2.38. The van der Waals surface area contributed by atoms with Crippen LogP contribution < -0.4 is 10.2 Å². The van der Waals surface area contributed by atoms with E-state index in [1.165, 1.54) is 18.2 Å². The molecule has 1 fully saturated rings. The van der Waals surface area contributed by atoms with Crippen LogP contribution in [0.4, 0.5) is 15.8 Å². The number of halogens is 1. The van der Waals surface area contributed by atoms with Gasteiger partial charge >= 0.3 is 0 Å². The molecule has 0 aromatic heterocycles. The molecular formula is C21H24FN3O4. The van der Waals surface area contributed by atoms with Crippen molar-refractivity contribution in [2.45, 2.75) is 39.0 Å². The molecule has 154 valence electrons. The van der Waals surface area contributed by atoms with Crippen LogP contribution in [-0.4, -0.2) is 36.1 Å². The average molecular weight is 401 g/mol. The monoisotopic (exact) mass is 401 g/mol. The molecular weight excluding hydrogens is 377 g/mol. The number of nitro benzene ring substituents is 1. The molecule has 2 unspecified atom stereocenters. The van der Waals surface area contributed by atoms with Gasteiger partial charge in [0.05, 0.1) is 11.0 Å². The van der Waals surface area contributed by atoms with Gasteiger partial charge in [-0.3, -0.25) is 14.9 Å². The van der Waals surface area contributed by atoms with Gasteiger partial charge in [-0.05, 0) is 50.6 Å². The van der Waals surface area contributed by atoms with E-state index >= 15 is 0 Å². The Kier molecular flexibility index (Phi) is 6.12. The van der Waals surface area contributed by atoms with Crippen molar-refractivity contribution in [1.82, 2.24) is 5.32 Å². The van der Waals surface area contributed by atoms with Crippen molar-refractivity contribution >= 4 is 17.3 Å². The van der Waals surface area contributed by atoms with Gasteiger partial charge in [0, 0.05) is 30.8 Å². The van der Waals surface area contributed by atoms with Crippen LogP contribution in [0.3, 0.4) is 0 Å². The second-order valence-electron chi connectivity index (χ2n) is 7.48. The maximum atomic E-state index is 13.2. The number of morpholine rings is 1. The van der Waals surface area contributed by atoms with Crippen LogP contribution in [0.2, 0.25) is 0 Å². The first-order valence-corrected chi connectivity index (χ1v) is 9.49. The van der Waals surface area contributed by atoms with E-state index in [1.807, 2.05) is 25.7 Å². The largest absolute Gasteiger partial charge is 0.367 e. The molecule has 0 spiro atoms. The molecule has 1 saturated heterocycles. The van der Waals surface area contributed by atoms with Crippen molar-refractivity contribution in [3.8, 4) is 0 Å². The molecule has 1 aliphatic rings. The maximum Gasteiger partial charge on any atom is 0.293 e. The third-order valence-corrected chi connectivity index (χ3v) is 4.70. The van der Waals surface area contributed by atoms with Gasteiger partial charge in [-0.25, -0.2) is 4.39 Å². The molecule has 29 heavy (non-hydrogen) atoms. The Morgan fingerprint density at radius 2 is 1.93 bits per heavy atom. The number of hydrogen-bond donors (Lipinski definition) is 1. The predicted octanol–water partition coefficient (Wildman–Crippen LogP) is 3.84. The summed E-state index contributed by atoms with van der Waals surface area (Å²) in [6.07, 6.45) is -0.523. The summed E-state index contributed by atoms with van der Waals surface area (Å²) in [5, 5.41) is 14.4. The Morgan fingerprint density at radius 3 is 2.55 bits per heavy atom. The molecule has 1 N–H and O–H groups in total. The van der Waals surface area contributed by atoms with E-state index in [1.54, 1.807) is 24.3 Å². The molecule has 0 radical (unpaired) electrons. The maximum absolute atomic E-state index is 13.2. The van der Waals surface area contributed by atoms with Gasteiger partial charge in [0.2, 0.25) is 0 Å². The fraction of sp³-hybridized carbons (Fsp3) is 0.381. The van der Waals surface area contributed by atoms with Crippen LogP contribution in [0.15, 0.2) is 42.5 Å². The molecule has 2 atom stereocenters. The predicted molar refractivity (Wildman–Crippen MR) is 108 cm³/mol. The molecule has 8 heteroatoms. The molecule has 1 aliphatic heterocycles. The molecule has 0 aliphatic carbocycles. The number of nitro groups is 1. The Balaban J connectivity index is 1.90. The quantitative estimate of drug-likeness (QED) is 0.608. The number of carbonyl (C=O) groups is 1. The molecule has 1 amide bonds. The highest BCUT2D eigenvalue weighted by molar-refractivity contribution is 5.96. The van der Waals surface area contributed by atoms with Gasteiger partial charge in [0.15, 0.2) is 0 Å². The Morgan fingerprint density at radius 1 is 1.24 bits per heavy atom. The molecule has 1 heterocycles. The summed E-state index contributed by atoms with van der Waals surface area (Å²) >= 11 is 0. The highest BCUT2D eigenvalue weighted by Crippen LogP contribution is 2.34. The standard InChI is InChI=1S/C21H24FN3O4/c1-13(2)23-21(26)16-6-9-18(19(10-16)25(27)28)24-11-14(3)29-20(12-24)15-4-7-17(22)8-5-15/h4-10,13-14,20H,11-12H2,1-3H3,(H,23,26). The van der Waals surface area contributed by atoms with Crippen molar-refractivity contribution in [2.24, 2.45) is 0 Å². The molecule has 0 saturated carbocycles. The Hall–Kier alpha value is -3.00. The molecule has 2 aromatic carbocycles. The molecule has 0 bridgehead atoms. The van der Waals surface area contributed by atoms with Crippen molar-refractivity contribution in [2.75, 3.05) is 18.0 Å². The van der Waals surface area contributed by atoms with Gasteiger partial charge < -0.3 is 15.0 Å². The SMILES string of the molecule is CC(C)NC(=O)c1ccc(N2CC(C)OC(c3ccc(F)cc3)C2)c([N+](=O)[O-])c1. The van der Waals surface area contributed by atoms with Crippen LogP contribution in [0, 0.1) is 15.9 Å². The number of rotatable bonds is 5. The van der Waals surface area contributed by atoms with Gasteiger partial charge in [-0.1, -0.05) is 12.1 Å². The van der Waals surface area contributed by atoms with Crippen LogP contribution in [0.25, 0.3) is 0 Å². The van der Waals surface area contributed by atoms with Gasteiger partial charge in [-0.2, -0.15) is 0 Å². The normalized spacial score (nSPS) is 19.3. The van der Waals surface area contributed by atoms with Crippen molar-refractivity contribution in [3.63, 3.8) is 0 Å². The zero-order valence-corrected chi connectivity index (χ0v) is 16.6. The highest BCUT2D eigenvalue weighted by Gasteiger charge is 2.31. The van der Waals surface area contributed by atoms with E-state index in [0.29, 0.717) is 18.8 Å². The van der Waals surface area contributed by atoms with Crippen LogP contribution >= 0.6 is 0 Å². The van der Waals surface area contributed by atoms with Crippen molar-refractivity contribution in [3.05, 3.63) is 69.5 Å². The van der Waals surface area contributed by atoms with E-state index < -0.39 is 4.92 Å². The summed E-state index contributed by atoms with van der Waals surface area (Å²) in [7, 11) is 0. The number of nitrogens with zero attached hydrogens (tertiary/aromatic N) is 2. The van der Waals surface area contributed by atoms with Gasteiger partial charge in [0.1, 0.15) is 17.6 Å². The van der Waals surface area contributed by atoms with Crippen molar-refractivity contribution < 1.29 is 18.8 Å². The minimum absolute atomic E-state index is 0.0715. The number of nitrogens with one attached hydrogen (secondary N) is 1. The van der Waals surface area contributed by atoms with E-state index in [0.717, 1.165) is 5.56 Å². The number of benzene rings is 2. The molecule has 2 aromatic rings. The lowest BCUT2D eigenvalue weighted by Crippen LogP contribution is -2.43. The summed E-state index contributed by atoms with van der Waals surface area (Å²) in [5.74, 6) is -0.686. The minimum Gasteiger partial charge on any atom is -0.367 e. The fourth-order valence-electron chi connectivity index (χ4n) is 3.43. The fourth-order valence-corrected chi connectivity index (χ4v) is 3.43. The van der Waals surface area contributed by atoms with E-state index in [2.05, 4.69) is 5.32 Å². The molecule has 7 nitrogen and oxygen atoms in total. The summed E-state index contributed by atoms with van der Waals surface area (Å²) in [4.78, 5) is 25.3. The summed E-state index contributed by atoms with van der Waals surface area (Å²) in [6, 6.07) is 10.5. The minimum atomic E-state index is -0.478. The lowest BCUT2D eigenvalue weighted by atomic mass is 10.0. The summed E-state index contributed by atoms with van der Waals surface area (Å²) in [6.45, 7) is 6.39. The molecule has 3 rings (SSSR count). The van der Waals surface area contributed by atoms with Crippen LogP contribution in [0.5, 0.6) is 0 Å². The van der Waals surface area contributed by atoms with Crippen molar-refractivity contribution in [1.29, 1.82) is 0 Å². The summed E-state index contributed by atoms with van der Waals surface area (Å²) < 4.78 is 19.2. The topological polar surface area (TPSA) is 84.7 Å². The smallest absolute Gasteiger partial charge is 0.293 e. The average Bonchev–Trinajstić information content (AvgIpc) is 2.67. The third kappa shape index (κ3) is 4.89. The lowest BCUT2D eigenvalue weighted by molar-refractivity contribution is -0.384. The Bertz CT molecular complexity index is 901. The second kappa shape index (κ2) is 8.57. The van der Waals surface area contributed by atoms with E-state index in [-0.39, 0.29) is 41.2 Å². The first-order valence-electron chi connectivity index (χ1n) is 9.49. The highest BCUT2D eigenvalue weighted by atomic mass is 19.1. The van der Waals surface area contributed by atoms with Crippen LogP contribution in [0.1, 0.15) is 42.8 Å². The third-order valence-electron chi connectivity index (χ3n) is 4.70. The Labute approximate surface area is 168 Å². The zero-order valence-electron chi connectivity index (χ0n) is 16.6. The number of carbonyl (C=O) groups excluding carboxylic acids is 1.